The smallest absolute Gasteiger partial charge is 0.323 e. The van der Waals surface area contributed by atoms with E-state index in [0.29, 0.717) is 25.9 Å². The van der Waals surface area contributed by atoms with Gasteiger partial charge in [-0.25, -0.2) is 22.5 Å². The zero-order valence-corrected chi connectivity index (χ0v) is 17.0. The summed E-state index contributed by atoms with van der Waals surface area (Å²) in [5.74, 6) is -0.948. The highest BCUT2D eigenvalue weighted by molar-refractivity contribution is 7.89. The van der Waals surface area contributed by atoms with Crippen LogP contribution >= 0.6 is 0 Å². The molecule has 0 aromatic heterocycles. The van der Waals surface area contributed by atoms with E-state index in [1.54, 1.807) is 0 Å². The third-order valence-corrected chi connectivity index (χ3v) is 8.01. The summed E-state index contributed by atoms with van der Waals surface area (Å²) in [5.41, 5.74) is -0.759. The fourth-order valence-corrected chi connectivity index (χ4v) is 5.89. The van der Waals surface area contributed by atoms with Crippen molar-refractivity contribution in [3.63, 3.8) is 0 Å². The number of sulfonamides is 1. The Morgan fingerprint density at radius 3 is 2.31 bits per heavy atom. The second kappa shape index (κ2) is 7.66. The lowest BCUT2D eigenvalue weighted by Crippen LogP contribution is -2.53. The molecule has 0 bridgehead atoms. The molecule has 1 aromatic carbocycles. The summed E-state index contributed by atoms with van der Waals surface area (Å²) in [6.07, 6.45) is 4.26. The quantitative estimate of drug-likeness (QED) is 0.737. The minimum Gasteiger partial charge on any atom is -0.323 e. The molecular weight excluding hydrogens is 399 g/mol. The number of benzene rings is 1. The van der Waals surface area contributed by atoms with Crippen molar-refractivity contribution in [2.75, 3.05) is 32.8 Å². The molecule has 2 heterocycles. The highest BCUT2D eigenvalue weighted by atomic mass is 32.2. The van der Waals surface area contributed by atoms with Gasteiger partial charge in [0.15, 0.2) is 0 Å². The first-order valence-corrected chi connectivity index (χ1v) is 11.4. The van der Waals surface area contributed by atoms with E-state index < -0.39 is 21.4 Å². The molecule has 1 spiro atoms. The van der Waals surface area contributed by atoms with Crippen LogP contribution in [0.5, 0.6) is 0 Å². The molecule has 0 atom stereocenters. The fraction of sp³-hybridized carbons (Fsp3) is 0.579. The van der Waals surface area contributed by atoms with Gasteiger partial charge in [0, 0.05) is 26.2 Å². The first kappa shape index (κ1) is 20.2. The van der Waals surface area contributed by atoms with Gasteiger partial charge in [-0.05, 0) is 25.0 Å². The number of hydrogen-bond donors (Lipinski definition) is 1. The number of rotatable bonds is 4. The van der Waals surface area contributed by atoms with Gasteiger partial charge in [-0.15, -0.1) is 0 Å². The number of nitrogens with zero attached hydrogens (tertiary/aromatic N) is 3. The molecule has 1 aromatic rings. The first-order chi connectivity index (χ1) is 13.8. The molecule has 3 aliphatic rings. The number of amides is 3. The Hall–Kier alpha value is -2.04. The van der Waals surface area contributed by atoms with Crippen LogP contribution in [0.15, 0.2) is 29.2 Å². The zero-order chi connectivity index (χ0) is 20.6. The molecule has 29 heavy (non-hydrogen) atoms. The number of piperazine rings is 1. The molecule has 2 saturated heterocycles. The maximum atomic E-state index is 13.9. The molecule has 1 saturated carbocycles. The third kappa shape index (κ3) is 3.64. The summed E-state index contributed by atoms with van der Waals surface area (Å²) in [6.45, 7) is 1.20. The molecule has 2 aliphatic heterocycles. The summed E-state index contributed by atoms with van der Waals surface area (Å²) in [6, 6.07) is 4.95. The fourth-order valence-electron chi connectivity index (χ4n) is 4.40. The van der Waals surface area contributed by atoms with E-state index in [9.17, 15) is 22.4 Å². The average Bonchev–Trinajstić information content (AvgIpc) is 2.93. The lowest BCUT2D eigenvalue weighted by molar-refractivity contribution is -0.134. The summed E-state index contributed by atoms with van der Waals surface area (Å²) < 4.78 is 40.6. The lowest BCUT2D eigenvalue weighted by Gasteiger charge is -2.35. The van der Waals surface area contributed by atoms with Gasteiger partial charge in [0.1, 0.15) is 16.3 Å². The lowest BCUT2D eigenvalue weighted by atomic mass is 9.82. The van der Waals surface area contributed by atoms with Crippen LogP contribution in [0.3, 0.4) is 0 Å². The first-order valence-electron chi connectivity index (χ1n) is 9.95. The average molecular weight is 424 g/mol. The van der Waals surface area contributed by atoms with Crippen molar-refractivity contribution >= 4 is 22.0 Å². The zero-order valence-electron chi connectivity index (χ0n) is 16.1. The molecule has 0 radical (unpaired) electrons. The molecule has 10 heteroatoms. The van der Waals surface area contributed by atoms with Crippen molar-refractivity contribution in [3.05, 3.63) is 30.1 Å². The largest absolute Gasteiger partial charge is 0.326 e. The Labute approximate surface area is 169 Å². The standard InChI is InChI=1S/C19H25FN4O4S/c20-15-6-2-3-7-16(15)29(27,28)23-12-10-22(11-13-23)14-24-17(25)19(21-18(24)26)8-4-1-5-9-19/h2-3,6-7H,1,4-5,8-14H2,(H,21,26). The predicted molar refractivity (Wildman–Crippen MR) is 103 cm³/mol. The number of carbonyl (C=O) groups is 2. The van der Waals surface area contributed by atoms with E-state index in [2.05, 4.69) is 5.32 Å². The highest BCUT2D eigenvalue weighted by Crippen LogP contribution is 2.33. The van der Waals surface area contributed by atoms with Gasteiger partial charge in [0.05, 0.1) is 6.67 Å². The predicted octanol–water partition coefficient (Wildman–Crippen LogP) is 1.34. The molecule has 0 unspecified atom stereocenters. The second-order valence-corrected chi connectivity index (χ2v) is 9.81. The van der Waals surface area contributed by atoms with Gasteiger partial charge >= 0.3 is 6.03 Å². The third-order valence-electron chi connectivity index (χ3n) is 6.08. The van der Waals surface area contributed by atoms with Gasteiger partial charge in [0.2, 0.25) is 10.0 Å². The van der Waals surface area contributed by atoms with Gasteiger partial charge in [0.25, 0.3) is 5.91 Å². The summed E-state index contributed by atoms with van der Waals surface area (Å²) in [7, 11) is -3.92. The summed E-state index contributed by atoms with van der Waals surface area (Å²) in [5, 5.41) is 2.88. The van der Waals surface area contributed by atoms with Crippen molar-refractivity contribution in [1.29, 1.82) is 0 Å². The maximum Gasteiger partial charge on any atom is 0.326 e. The van der Waals surface area contributed by atoms with Crippen LogP contribution < -0.4 is 5.32 Å². The van der Waals surface area contributed by atoms with Gasteiger partial charge in [-0.2, -0.15) is 4.31 Å². The van der Waals surface area contributed by atoms with Crippen molar-refractivity contribution < 1.29 is 22.4 Å². The number of halogens is 1. The normalized spacial score (nSPS) is 23.6. The SMILES string of the molecule is O=C1NC2(CCCCC2)C(=O)N1CN1CCN(S(=O)(=O)c2ccccc2F)CC1. The Morgan fingerprint density at radius 1 is 1.00 bits per heavy atom. The minimum atomic E-state index is -3.92. The molecule has 3 fully saturated rings. The van der Waals surface area contributed by atoms with E-state index in [1.165, 1.54) is 27.4 Å². The molecule has 158 valence electrons. The molecule has 3 amide bonds. The molecular formula is C19H25FN4O4S. The molecule has 1 aliphatic carbocycles. The van der Waals surface area contributed by atoms with Crippen LogP contribution in [0.25, 0.3) is 0 Å². The minimum absolute atomic E-state index is 0.139. The Bertz CT molecular complexity index is 909. The summed E-state index contributed by atoms with van der Waals surface area (Å²) >= 11 is 0. The van der Waals surface area contributed by atoms with E-state index in [4.69, 9.17) is 0 Å². The van der Waals surface area contributed by atoms with Crippen LogP contribution in [0.2, 0.25) is 0 Å². The summed E-state index contributed by atoms with van der Waals surface area (Å²) in [4.78, 5) is 28.1. The molecule has 1 N–H and O–H groups in total. The number of carbonyl (C=O) groups excluding carboxylic acids is 2. The number of imide groups is 1. The molecule has 8 nitrogen and oxygen atoms in total. The van der Waals surface area contributed by atoms with E-state index in [-0.39, 0.29) is 36.6 Å². The van der Waals surface area contributed by atoms with Crippen LogP contribution in [0.4, 0.5) is 9.18 Å². The Kier molecular flexibility index (Phi) is 5.34. The van der Waals surface area contributed by atoms with Crippen molar-refractivity contribution in [2.45, 2.75) is 42.5 Å². The monoisotopic (exact) mass is 424 g/mol. The second-order valence-electron chi connectivity index (χ2n) is 7.90. The molecule has 4 rings (SSSR count). The van der Waals surface area contributed by atoms with Crippen LogP contribution in [0, 0.1) is 5.82 Å². The Balaban J connectivity index is 1.39. The van der Waals surface area contributed by atoms with E-state index in [1.807, 2.05) is 4.90 Å². The van der Waals surface area contributed by atoms with Crippen LogP contribution in [0.1, 0.15) is 32.1 Å². The van der Waals surface area contributed by atoms with Gasteiger partial charge in [-0.1, -0.05) is 31.4 Å². The number of urea groups is 1. The highest BCUT2D eigenvalue weighted by Gasteiger charge is 2.51. The maximum absolute atomic E-state index is 13.9. The van der Waals surface area contributed by atoms with E-state index >= 15 is 0 Å². The Morgan fingerprint density at radius 2 is 1.66 bits per heavy atom. The van der Waals surface area contributed by atoms with Crippen LogP contribution in [-0.4, -0.2) is 72.8 Å². The van der Waals surface area contributed by atoms with Crippen molar-refractivity contribution in [2.24, 2.45) is 0 Å². The van der Waals surface area contributed by atoms with Crippen molar-refractivity contribution in [3.8, 4) is 0 Å². The van der Waals surface area contributed by atoms with E-state index in [0.717, 1.165) is 25.3 Å². The number of hydrogen-bond acceptors (Lipinski definition) is 5. The topological polar surface area (TPSA) is 90.0 Å². The van der Waals surface area contributed by atoms with Gasteiger partial charge in [-0.3, -0.25) is 9.69 Å². The van der Waals surface area contributed by atoms with Crippen molar-refractivity contribution in [1.82, 2.24) is 19.4 Å². The van der Waals surface area contributed by atoms with Crippen LogP contribution in [-0.2, 0) is 14.8 Å². The number of nitrogens with one attached hydrogen (secondary N) is 1. The van der Waals surface area contributed by atoms with Gasteiger partial charge < -0.3 is 5.32 Å².